The van der Waals surface area contributed by atoms with E-state index in [4.69, 9.17) is 5.11 Å². The molecule has 4 nitrogen and oxygen atoms in total. The van der Waals surface area contributed by atoms with Gasteiger partial charge in [0.25, 0.3) is 0 Å². The van der Waals surface area contributed by atoms with E-state index in [9.17, 15) is 0 Å². The minimum absolute atomic E-state index is 0.0886. The Labute approximate surface area is 81.2 Å². The molecular formula is C10H9N3O. The van der Waals surface area contributed by atoms with Crippen LogP contribution in [0.15, 0.2) is 24.8 Å². The van der Waals surface area contributed by atoms with Crippen LogP contribution in [0.3, 0.4) is 0 Å². The molecule has 0 saturated heterocycles. The highest BCUT2D eigenvalue weighted by Gasteiger charge is 1.97. The van der Waals surface area contributed by atoms with E-state index in [-0.39, 0.29) is 6.61 Å². The molecule has 0 atom stereocenters. The van der Waals surface area contributed by atoms with Gasteiger partial charge in [-0.05, 0) is 5.92 Å². The highest BCUT2D eigenvalue weighted by Crippen LogP contribution is 2.02. The van der Waals surface area contributed by atoms with Crippen molar-refractivity contribution in [3.8, 4) is 11.8 Å². The Hall–Kier alpha value is -1.86. The van der Waals surface area contributed by atoms with Gasteiger partial charge in [0.05, 0.1) is 19.0 Å². The normalized spacial score (nSPS) is 9.79. The zero-order chi connectivity index (χ0) is 9.80. The molecule has 2 heterocycles. The minimum Gasteiger partial charge on any atom is -0.395 e. The Morgan fingerprint density at radius 2 is 2.36 bits per heavy atom. The molecule has 0 aliphatic rings. The first-order valence-corrected chi connectivity index (χ1v) is 4.28. The Morgan fingerprint density at radius 3 is 3.21 bits per heavy atom. The van der Waals surface area contributed by atoms with Gasteiger partial charge in [-0.2, -0.15) is 0 Å². The van der Waals surface area contributed by atoms with Crippen molar-refractivity contribution in [2.75, 3.05) is 6.61 Å². The van der Waals surface area contributed by atoms with Crippen LogP contribution in [0.25, 0.3) is 5.65 Å². The fourth-order valence-corrected chi connectivity index (χ4v) is 1.14. The number of hydrogen-bond donors (Lipinski definition) is 1. The van der Waals surface area contributed by atoms with Crippen molar-refractivity contribution in [2.24, 2.45) is 0 Å². The molecule has 0 spiro atoms. The summed E-state index contributed by atoms with van der Waals surface area (Å²) in [6.45, 7) is 0.0886. The van der Waals surface area contributed by atoms with Crippen LogP contribution in [0.1, 0.15) is 12.1 Å². The van der Waals surface area contributed by atoms with Crippen molar-refractivity contribution < 1.29 is 5.11 Å². The lowest BCUT2D eigenvalue weighted by molar-refractivity contribution is 0.305. The summed E-state index contributed by atoms with van der Waals surface area (Å²) in [5.41, 5.74) is 1.59. The van der Waals surface area contributed by atoms with Crippen molar-refractivity contribution in [1.29, 1.82) is 0 Å². The van der Waals surface area contributed by atoms with Gasteiger partial charge in [0.15, 0.2) is 5.65 Å². The molecule has 2 rings (SSSR count). The van der Waals surface area contributed by atoms with E-state index in [2.05, 4.69) is 21.8 Å². The predicted molar refractivity (Wildman–Crippen MR) is 51.6 cm³/mol. The maximum absolute atomic E-state index is 8.57. The minimum atomic E-state index is 0.0886. The van der Waals surface area contributed by atoms with Crippen molar-refractivity contribution >= 4 is 5.65 Å². The molecule has 0 aromatic carbocycles. The number of rotatable bonds is 1. The second-order valence-electron chi connectivity index (χ2n) is 2.72. The summed E-state index contributed by atoms with van der Waals surface area (Å²) in [4.78, 5) is 8.08. The molecule has 0 fully saturated rings. The van der Waals surface area contributed by atoms with E-state index < -0.39 is 0 Å². The maximum Gasteiger partial charge on any atom is 0.156 e. The molecule has 0 aliphatic carbocycles. The molecule has 0 bridgehead atoms. The summed E-state index contributed by atoms with van der Waals surface area (Å²) in [6, 6.07) is 0. The smallest absolute Gasteiger partial charge is 0.156 e. The predicted octanol–water partition coefficient (Wildman–Crippen LogP) is 0.463. The molecule has 2 aromatic heterocycles. The Morgan fingerprint density at radius 1 is 1.43 bits per heavy atom. The number of hydrogen-bond acceptors (Lipinski definition) is 3. The van der Waals surface area contributed by atoms with E-state index in [0.717, 1.165) is 11.3 Å². The molecule has 2 aromatic rings. The SMILES string of the molecule is OCCC#Cc1cnc2cnccn12. The second-order valence-corrected chi connectivity index (χ2v) is 2.72. The average molecular weight is 187 g/mol. The summed E-state index contributed by atoms with van der Waals surface area (Å²) in [7, 11) is 0. The highest BCUT2D eigenvalue weighted by atomic mass is 16.2. The molecule has 0 unspecified atom stereocenters. The fourth-order valence-electron chi connectivity index (χ4n) is 1.14. The number of imidazole rings is 1. The third kappa shape index (κ3) is 1.58. The van der Waals surface area contributed by atoms with Gasteiger partial charge in [-0.1, -0.05) is 5.92 Å². The first kappa shape index (κ1) is 8.73. The van der Waals surface area contributed by atoms with Crippen LogP contribution in [0.4, 0.5) is 0 Å². The van der Waals surface area contributed by atoms with Crippen molar-refractivity contribution in [3.63, 3.8) is 0 Å². The Balaban J connectivity index is 2.40. The third-order valence-corrected chi connectivity index (χ3v) is 1.77. The van der Waals surface area contributed by atoms with Gasteiger partial charge in [0.2, 0.25) is 0 Å². The van der Waals surface area contributed by atoms with Crippen molar-refractivity contribution in [3.05, 3.63) is 30.5 Å². The zero-order valence-electron chi connectivity index (χ0n) is 7.51. The van der Waals surface area contributed by atoms with Crippen LogP contribution in [0.5, 0.6) is 0 Å². The first-order chi connectivity index (χ1) is 6.92. The number of fused-ring (bicyclic) bond motifs is 1. The first-order valence-electron chi connectivity index (χ1n) is 4.28. The average Bonchev–Trinajstić information content (AvgIpc) is 2.63. The highest BCUT2D eigenvalue weighted by molar-refractivity contribution is 5.42. The number of aliphatic hydroxyl groups is 1. The molecule has 1 N–H and O–H groups in total. The van der Waals surface area contributed by atoms with Gasteiger partial charge in [-0.25, -0.2) is 4.98 Å². The van der Waals surface area contributed by atoms with Crippen molar-refractivity contribution in [2.45, 2.75) is 6.42 Å². The fraction of sp³-hybridized carbons (Fsp3) is 0.200. The van der Waals surface area contributed by atoms with E-state index in [1.165, 1.54) is 0 Å². The lowest BCUT2D eigenvalue weighted by Crippen LogP contribution is -1.88. The molecule has 0 amide bonds. The quantitative estimate of drug-likeness (QED) is 0.660. The molecule has 14 heavy (non-hydrogen) atoms. The van der Waals surface area contributed by atoms with Crippen molar-refractivity contribution in [1.82, 2.24) is 14.4 Å². The van der Waals surface area contributed by atoms with Gasteiger partial charge in [-0.3, -0.25) is 9.38 Å². The monoisotopic (exact) mass is 187 g/mol. The largest absolute Gasteiger partial charge is 0.395 e. The van der Waals surface area contributed by atoms with Gasteiger partial charge in [-0.15, -0.1) is 0 Å². The van der Waals surface area contributed by atoms with Crippen LogP contribution < -0.4 is 0 Å². The van der Waals surface area contributed by atoms with E-state index in [1.807, 2.05) is 10.6 Å². The zero-order valence-corrected chi connectivity index (χ0v) is 7.51. The molecular weight excluding hydrogens is 178 g/mol. The molecule has 0 saturated carbocycles. The van der Waals surface area contributed by atoms with Crippen LogP contribution in [0, 0.1) is 11.8 Å². The summed E-state index contributed by atoms with van der Waals surface area (Å²) < 4.78 is 1.86. The van der Waals surface area contributed by atoms with Gasteiger partial charge in [0, 0.05) is 18.8 Å². The summed E-state index contributed by atoms with van der Waals surface area (Å²) >= 11 is 0. The number of aromatic nitrogens is 3. The van der Waals surface area contributed by atoms with Crippen LogP contribution in [0.2, 0.25) is 0 Å². The van der Waals surface area contributed by atoms with E-state index in [1.54, 1.807) is 18.6 Å². The molecule has 0 radical (unpaired) electrons. The Bertz CT molecular complexity index is 493. The van der Waals surface area contributed by atoms with Crippen LogP contribution in [-0.4, -0.2) is 26.1 Å². The lowest BCUT2D eigenvalue weighted by Gasteiger charge is -1.91. The van der Waals surface area contributed by atoms with Crippen LogP contribution in [-0.2, 0) is 0 Å². The van der Waals surface area contributed by atoms with Gasteiger partial charge in [0.1, 0.15) is 5.69 Å². The van der Waals surface area contributed by atoms with Gasteiger partial charge < -0.3 is 5.11 Å². The third-order valence-electron chi connectivity index (χ3n) is 1.77. The lowest BCUT2D eigenvalue weighted by atomic mass is 10.4. The van der Waals surface area contributed by atoms with E-state index >= 15 is 0 Å². The number of nitrogens with zero attached hydrogens (tertiary/aromatic N) is 3. The summed E-state index contributed by atoms with van der Waals surface area (Å²) in [5.74, 6) is 5.78. The molecule has 70 valence electrons. The summed E-state index contributed by atoms with van der Waals surface area (Å²) in [6.07, 6.45) is 7.36. The topological polar surface area (TPSA) is 50.4 Å². The maximum atomic E-state index is 8.57. The second kappa shape index (κ2) is 3.90. The van der Waals surface area contributed by atoms with Gasteiger partial charge >= 0.3 is 0 Å². The molecule has 4 heteroatoms. The molecule has 0 aliphatic heterocycles. The standard InChI is InChI=1S/C10H9N3O/c14-6-2-1-3-9-7-12-10-8-11-4-5-13(9)10/h4-5,7-8,14H,2,6H2. The summed E-state index contributed by atoms with van der Waals surface area (Å²) in [5, 5.41) is 8.57. The van der Waals surface area contributed by atoms with Crippen LogP contribution >= 0.6 is 0 Å². The Kier molecular flexibility index (Phi) is 2.43. The number of aliphatic hydroxyl groups excluding tert-OH is 1. The van der Waals surface area contributed by atoms with E-state index in [0.29, 0.717) is 6.42 Å².